The van der Waals surface area contributed by atoms with Crippen molar-refractivity contribution in [2.45, 2.75) is 13.5 Å². The van der Waals surface area contributed by atoms with Crippen molar-refractivity contribution in [3.05, 3.63) is 72.1 Å². The molecule has 0 fully saturated rings. The lowest BCUT2D eigenvalue weighted by Gasteiger charge is -2.10. The lowest BCUT2D eigenvalue weighted by atomic mass is 10.1. The number of nitrogens with zero attached hydrogens (tertiary/aromatic N) is 2. The molecule has 3 aromatic rings. The molecule has 0 unspecified atom stereocenters. The number of Topliss-reactive ketones (excluding diaryl/α,β-unsaturated/α-hetero) is 1. The SMILES string of the molecule is COc1ccc(CNc2cc(Nc3cccc(C(C)=O)c3)ncn2)cc1. The molecule has 6 nitrogen and oxygen atoms in total. The molecule has 1 heterocycles. The van der Waals surface area contributed by atoms with Gasteiger partial charge in [0, 0.05) is 23.9 Å². The highest BCUT2D eigenvalue weighted by Gasteiger charge is 2.03. The van der Waals surface area contributed by atoms with E-state index in [2.05, 4.69) is 20.6 Å². The van der Waals surface area contributed by atoms with E-state index in [0.717, 1.165) is 17.0 Å². The fourth-order valence-corrected chi connectivity index (χ4v) is 2.42. The number of ketones is 1. The van der Waals surface area contributed by atoms with Crippen LogP contribution in [0.2, 0.25) is 0 Å². The molecule has 1 aromatic heterocycles. The first-order valence-electron chi connectivity index (χ1n) is 8.21. The van der Waals surface area contributed by atoms with Gasteiger partial charge in [-0.2, -0.15) is 0 Å². The van der Waals surface area contributed by atoms with Crippen molar-refractivity contribution in [2.75, 3.05) is 17.7 Å². The number of hydrogen-bond acceptors (Lipinski definition) is 6. The first-order chi connectivity index (χ1) is 12.6. The number of nitrogens with one attached hydrogen (secondary N) is 2. The Balaban J connectivity index is 1.66. The van der Waals surface area contributed by atoms with Crippen LogP contribution >= 0.6 is 0 Å². The van der Waals surface area contributed by atoms with Crippen molar-refractivity contribution in [3.63, 3.8) is 0 Å². The topological polar surface area (TPSA) is 76.1 Å². The second kappa shape index (κ2) is 8.11. The maximum atomic E-state index is 11.5. The standard InChI is InChI=1S/C20H20N4O2/c1-14(25)16-4-3-5-17(10-16)24-20-11-19(22-13-23-20)21-12-15-6-8-18(26-2)9-7-15/h3-11,13H,12H2,1-2H3,(H2,21,22,23,24). The Kier molecular flexibility index (Phi) is 5.43. The van der Waals surface area contributed by atoms with Gasteiger partial charge in [-0.05, 0) is 36.8 Å². The lowest BCUT2D eigenvalue weighted by Crippen LogP contribution is -2.03. The van der Waals surface area contributed by atoms with Gasteiger partial charge in [-0.15, -0.1) is 0 Å². The molecular weight excluding hydrogens is 328 g/mol. The summed E-state index contributed by atoms with van der Waals surface area (Å²) in [5.41, 5.74) is 2.58. The van der Waals surface area contributed by atoms with Gasteiger partial charge in [0.25, 0.3) is 0 Å². The first-order valence-corrected chi connectivity index (χ1v) is 8.21. The van der Waals surface area contributed by atoms with Gasteiger partial charge in [0.2, 0.25) is 0 Å². The predicted molar refractivity (Wildman–Crippen MR) is 102 cm³/mol. The summed E-state index contributed by atoms with van der Waals surface area (Å²) in [5, 5.41) is 6.46. The average molecular weight is 348 g/mol. The van der Waals surface area contributed by atoms with E-state index < -0.39 is 0 Å². The molecule has 0 amide bonds. The lowest BCUT2D eigenvalue weighted by molar-refractivity contribution is 0.101. The third-order valence-corrected chi connectivity index (χ3v) is 3.84. The van der Waals surface area contributed by atoms with E-state index in [0.29, 0.717) is 23.7 Å². The van der Waals surface area contributed by atoms with Crippen LogP contribution in [0.5, 0.6) is 5.75 Å². The van der Waals surface area contributed by atoms with E-state index in [1.54, 1.807) is 26.2 Å². The molecule has 0 radical (unpaired) electrons. The molecule has 0 saturated heterocycles. The summed E-state index contributed by atoms with van der Waals surface area (Å²) in [6, 6.07) is 17.0. The van der Waals surface area contributed by atoms with Gasteiger partial charge in [0.1, 0.15) is 23.7 Å². The fourth-order valence-electron chi connectivity index (χ4n) is 2.42. The number of methoxy groups -OCH3 is 1. The molecule has 2 N–H and O–H groups in total. The van der Waals surface area contributed by atoms with E-state index in [9.17, 15) is 4.79 Å². The summed E-state index contributed by atoms with van der Waals surface area (Å²) in [7, 11) is 1.65. The Morgan fingerprint density at radius 1 is 1.04 bits per heavy atom. The average Bonchev–Trinajstić information content (AvgIpc) is 2.67. The van der Waals surface area contributed by atoms with Gasteiger partial charge in [-0.3, -0.25) is 4.79 Å². The van der Waals surface area contributed by atoms with Crippen LogP contribution in [0, 0.1) is 0 Å². The van der Waals surface area contributed by atoms with Crippen LogP contribution in [-0.2, 0) is 6.54 Å². The minimum Gasteiger partial charge on any atom is -0.497 e. The van der Waals surface area contributed by atoms with E-state index in [-0.39, 0.29) is 5.78 Å². The summed E-state index contributed by atoms with van der Waals surface area (Å²) >= 11 is 0. The number of anilines is 3. The summed E-state index contributed by atoms with van der Waals surface area (Å²) in [5.74, 6) is 2.22. The first kappa shape index (κ1) is 17.4. The predicted octanol–water partition coefficient (Wildman–Crippen LogP) is 4.04. The summed E-state index contributed by atoms with van der Waals surface area (Å²) in [4.78, 5) is 20.0. The molecule has 0 saturated carbocycles. The van der Waals surface area contributed by atoms with Crippen LogP contribution in [0.1, 0.15) is 22.8 Å². The van der Waals surface area contributed by atoms with Crippen molar-refractivity contribution in [3.8, 4) is 5.75 Å². The molecule has 132 valence electrons. The zero-order valence-electron chi connectivity index (χ0n) is 14.7. The number of ether oxygens (including phenoxy) is 1. The number of hydrogen-bond donors (Lipinski definition) is 2. The van der Waals surface area contributed by atoms with E-state index in [4.69, 9.17) is 4.74 Å². The van der Waals surface area contributed by atoms with Crippen LogP contribution in [0.15, 0.2) is 60.9 Å². The molecule has 0 spiro atoms. The normalized spacial score (nSPS) is 10.2. The number of carbonyl (C=O) groups is 1. The quantitative estimate of drug-likeness (QED) is 0.628. The minimum absolute atomic E-state index is 0.0261. The second-order valence-electron chi connectivity index (χ2n) is 5.75. The highest BCUT2D eigenvalue weighted by atomic mass is 16.5. The van der Waals surface area contributed by atoms with Crippen molar-refractivity contribution in [2.24, 2.45) is 0 Å². The highest BCUT2D eigenvalue weighted by Crippen LogP contribution is 2.18. The van der Waals surface area contributed by atoms with Gasteiger partial charge in [-0.25, -0.2) is 9.97 Å². The van der Waals surface area contributed by atoms with Crippen LogP contribution in [0.25, 0.3) is 0 Å². The number of carbonyl (C=O) groups excluding carboxylic acids is 1. The molecule has 0 atom stereocenters. The van der Waals surface area contributed by atoms with E-state index in [1.165, 1.54) is 6.33 Å². The number of benzene rings is 2. The van der Waals surface area contributed by atoms with Crippen LogP contribution < -0.4 is 15.4 Å². The summed E-state index contributed by atoms with van der Waals surface area (Å²) in [6.45, 7) is 2.19. The molecule has 6 heteroatoms. The van der Waals surface area contributed by atoms with Crippen LogP contribution in [-0.4, -0.2) is 22.9 Å². The number of aromatic nitrogens is 2. The van der Waals surface area contributed by atoms with E-state index >= 15 is 0 Å². The molecule has 2 aromatic carbocycles. The highest BCUT2D eigenvalue weighted by molar-refractivity contribution is 5.95. The van der Waals surface area contributed by atoms with Crippen LogP contribution in [0.3, 0.4) is 0 Å². The van der Waals surface area contributed by atoms with Crippen molar-refractivity contribution in [1.29, 1.82) is 0 Å². The summed E-state index contributed by atoms with van der Waals surface area (Å²) in [6.07, 6.45) is 1.49. The smallest absolute Gasteiger partial charge is 0.159 e. The third-order valence-electron chi connectivity index (χ3n) is 3.84. The van der Waals surface area contributed by atoms with Crippen molar-refractivity contribution in [1.82, 2.24) is 9.97 Å². The molecule has 3 rings (SSSR count). The molecular formula is C20H20N4O2. The maximum absolute atomic E-state index is 11.5. The second-order valence-corrected chi connectivity index (χ2v) is 5.75. The zero-order chi connectivity index (χ0) is 18.4. The van der Waals surface area contributed by atoms with Gasteiger partial charge in [-0.1, -0.05) is 24.3 Å². The zero-order valence-corrected chi connectivity index (χ0v) is 14.7. The Labute approximate surface area is 152 Å². The molecule has 0 bridgehead atoms. The molecule has 0 aliphatic carbocycles. The van der Waals surface area contributed by atoms with Gasteiger partial charge >= 0.3 is 0 Å². The molecule has 26 heavy (non-hydrogen) atoms. The fraction of sp³-hybridized carbons (Fsp3) is 0.150. The Hall–Kier alpha value is -3.41. The van der Waals surface area contributed by atoms with Gasteiger partial charge in [0.05, 0.1) is 7.11 Å². The third kappa shape index (κ3) is 4.57. The maximum Gasteiger partial charge on any atom is 0.159 e. The van der Waals surface area contributed by atoms with E-state index in [1.807, 2.05) is 42.5 Å². The molecule has 0 aliphatic rings. The Morgan fingerprint density at radius 2 is 1.81 bits per heavy atom. The summed E-state index contributed by atoms with van der Waals surface area (Å²) < 4.78 is 5.16. The van der Waals surface area contributed by atoms with Crippen molar-refractivity contribution < 1.29 is 9.53 Å². The van der Waals surface area contributed by atoms with Gasteiger partial charge < -0.3 is 15.4 Å². The Bertz CT molecular complexity index is 894. The van der Waals surface area contributed by atoms with Gasteiger partial charge in [0.15, 0.2) is 5.78 Å². The molecule has 0 aliphatic heterocycles. The monoisotopic (exact) mass is 348 g/mol. The minimum atomic E-state index is 0.0261. The largest absolute Gasteiger partial charge is 0.497 e. The Morgan fingerprint density at radius 3 is 2.54 bits per heavy atom. The van der Waals surface area contributed by atoms with Crippen molar-refractivity contribution >= 4 is 23.1 Å². The van der Waals surface area contributed by atoms with Crippen LogP contribution in [0.4, 0.5) is 17.3 Å². The number of rotatable bonds is 7.